The van der Waals surface area contributed by atoms with Gasteiger partial charge in [0.1, 0.15) is 5.75 Å². The van der Waals surface area contributed by atoms with Crippen molar-refractivity contribution in [1.29, 1.82) is 0 Å². The number of benzene rings is 2. The van der Waals surface area contributed by atoms with Crippen LogP contribution < -0.4 is 10.2 Å². The van der Waals surface area contributed by atoms with Gasteiger partial charge in [-0.1, -0.05) is 23.8 Å². The van der Waals surface area contributed by atoms with E-state index in [1.807, 2.05) is 37.3 Å². The molecule has 1 amide bonds. The van der Waals surface area contributed by atoms with Gasteiger partial charge in [-0.3, -0.25) is 9.69 Å². The number of aryl methyl sites for hydroxylation is 1. The van der Waals surface area contributed by atoms with E-state index in [0.717, 1.165) is 44.0 Å². The van der Waals surface area contributed by atoms with Gasteiger partial charge in [0, 0.05) is 44.1 Å². The number of sulfone groups is 1. The summed E-state index contributed by atoms with van der Waals surface area (Å²) in [6, 6.07) is 14.0. The molecule has 154 valence electrons. The Hall–Kier alpha value is -2.64. The predicted octanol–water partition coefficient (Wildman–Crippen LogP) is 2.72. The Kier molecular flexibility index (Phi) is 6.71. The van der Waals surface area contributed by atoms with Gasteiger partial charge in [0.05, 0.1) is 4.90 Å². The van der Waals surface area contributed by atoms with Crippen molar-refractivity contribution in [3.63, 3.8) is 0 Å². The van der Waals surface area contributed by atoms with Gasteiger partial charge >= 0.3 is 0 Å². The number of piperazine rings is 1. The normalized spacial score (nSPS) is 15.1. The van der Waals surface area contributed by atoms with Gasteiger partial charge < -0.3 is 10.2 Å². The average molecular weight is 414 g/mol. The molecule has 1 aliphatic rings. The van der Waals surface area contributed by atoms with Crippen molar-refractivity contribution in [2.24, 2.45) is 0 Å². The molecule has 0 spiro atoms. The Morgan fingerprint density at radius 2 is 1.66 bits per heavy atom. The molecule has 3 rings (SSSR count). The van der Waals surface area contributed by atoms with E-state index in [1.165, 1.54) is 12.1 Å². The fourth-order valence-electron chi connectivity index (χ4n) is 3.33. The third-order valence-electron chi connectivity index (χ3n) is 4.98. The lowest BCUT2D eigenvalue weighted by Crippen LogP contribution is -2.46. The van der Waals surface area contributed by atoms with Crippen molar-refractivity contribution in [2.75, 3.05) is 48.7 Å². The van der Waals surface area contributed by atoms with Crippen LogP contribution in [0.5, 0.6) is 0 Å². The summed E-state index contributed by atoms with van der Waals surface area (Å²) in [4.78, 5) is 17.0. The second-order valence-electron chi connectivity index (χ2n) is 7.24. The predicted molar refractivity (Wildman–Crippen MR) is 117 cm³/mol. The lowest BCUT2D eigenvalue weighted by Gasteiger charge is -2.35. The standard InChI is InChI=1S/C22H27N3O3S/c1-3-12-24-13-15-25(16-14-24)20-8-6-19(7-9-20)23-22(26)17-29(27,28)21-10-4-18(2)5-11-21/h3-11H,1,12-17H2,2H3,(H,23,26). The van der Waals surface area contributed by atoms with Gasteiger partial charge in [-0.15, -0.1) is 6.58 Å². The van der Waals surface area contributed by atoms with Gasteiger partial charge in [0.15, 0.2) is 9.84 Å². The maximum absolute atomic E-state index is 12.4. The number of carbonyl (C=O) groups is 1. The molecule has 0 aliphatic carbocycles. The molecule has 0 aromatic heterocycles. The summed E-state index contributed by atoms with van der Waals surface area (Å²) < 4.78 is 24.8. The van der Waals surface area contributed by atoms with E-state index < -0.39 is 21.5 Å². The first kappa shape index (κ1) is 21.1. The molecule has 1 N–H and O–H groups in total. The van der Waals surface area contributed by atoms with E-state index in [4.69, 9.17) is 0 Å². The monoisotopic (exact) mass is 413 g/mol. The summed E-state index contributed by atoms with van der Waals surface area (Å²) in [5.41, 5.74) is 2.65. The number of nitrogens with one attached hydrogen (secondary N) is 1. The highest BCUT2D eigenvalue weighted by molar-refractivity contribution is 7.92. The van der Waals surface area contributed by atoms with E-state index >= 15 is 0 Å². The Morgan fingerprint density at radius 3 is 2.24 bits per heavy atom. The summed E-state index contributed by atoms with van der Waals surface area (Å²) in [6.07, 6.45) is 1.92. The highest BCUT2D eigenvalue weighted by Crippen LogP contribution is 2.20. The molecule has 0 radical (unpaired) electrons. The molecule has 1 fully saturated rings. The Balaban J connectivity index is 1.56. The van der Waals surface area contributed by atoms with E-state index in [1.54, 1.807) is 12.1 Å². The van der Waals surface area contributed by atoms with Gasteiger partial charge in [-0.25, -0.2) is 8.42 Å². The minimum atomic E-state index is -3.66. The lowest BCUT2D eigenvalue weighted by atomic mass is 10.2. The Morgan fingerprint density at radius 1 is 1.03 bits per heavy atom. The molecule has 1 aliphatic heterocycles. The van der Waals surface area contributed by atoms with E-state index in [2.05, 4.69) is 21.7 Å². The van der Waals surface area contributed by atoms with Crippen LogP contribution in [-0.2, 0) is 14.6 Å². The smallest absolute Gasteiger partial charge is 0.239 e. The summed E-state index contributed by atoms with van der Waals surface area (Å²) in [5.74, 6) is -1.13. The molecule has 7 heteroatoms. The number of amides is 1. The van der Waals surface area contributed by atoms with Gasteiger partial charge in [-0.05, 0) is 43.3 Å². The minimum absolute atomic E-state index is 0.157. The first-order valence-electron chi connectivity index (χ1n) is 9.65. The van der Waals surface area contributed by atoms with Gasteiger partial charge in [-0.2, -0.15) is 0 Å². The molecule has 0 atom stereocenters. The van der Waals surface area contributed by atoms with Crippen LogP contribution in [0, 0.1) is 6.92 Å². The summed E-state index contributed by atoms with van der Waals surface area (Å²) in [7, 11) is -3.66. The fourth-order valence-corrected chi connectivity index (χ4v) is 4.46. The molecule has 0 saturated carbocycles. The van der Waals surface area contributed by atoms with Crippen LogP contribution in [0.2, 0.25) is 0 Å². The van der Waals surface area contributed by atoms with E-state index in [0.29, 0.717) is 5.69 Å². The van der Waals surface area contributed by atoms with Crippen molar-refractivity contribution < 1.29 is 13.2 Å². The Labute approximate surface area is 172 Å². The molecular formula is C22H27N3O3S. The van der Waals surface area contributed by atoms with Crippen LogP contribution in [0.15, 0.2) is 66.1 Å². The van der Waals surface area contributed by atoms with Crippen molar-refractivity contribution >= 4 is 27.1 Å². The van der Waals surface area contributed by atoms with Crippen LogP contribution in [-0.4, -0.2) is 57.7 Å². The fraction of sp³-hybridized carbons (Fsp3) is 0.318. The number of nitrogens with zero attached hydrogens (tertiary/aromatic N) is 2. The molecule has 0 bridgehead atoms. The molecule has 1 saturated heterocycles. The zero-order chi connectivity index (χ0) is 20.9. The van der Waals surface area contributed by atoms with Gasteiger partial charge in [0.2, 0.25) is 5.91 Å². The molecule has 29 heavy (non-hydrogen) atoms. The maximum Gasteiger partial charge on any atom is 0.239 e. The van der Waals surface area contributed by atoms with Crippen LogP contribution in [0.4, 0.5) is 11.4 Å². The van der Waals surface area contributed by atoms with Crippen LogP contribution >= 0.6 is 0 Å². The number of anilines is 2. The molecule has 2 aromatic carbocycles. The zero-order valence-corrected chi connectivity index (χ0v) is 17.5. The molecule has 0 unspecified atom stereocenters. The number of carbonyl (C=O) groups excluding carboxylic acids is 1. The topological polar surface area (TPSA) is 69.7 Å². The zero-order valence-electron chi connectivity index (χ0n) is 16.7. The maximum atomic E-state index is 12.4. The quantitative estimate of drug-likeness (QED) is 0.707. The number of hydrogen-bond acceptors (Lipinski definition) is 5. The average Bonchev–Trinajstić information content (AvgIpc) is 2.69. The van der Waals surface area contributed by atoms with Crippen molar-refractivity contribution in [3.05, 3.63) is 66.7 Å². The van der Waals surface area contributed by atoms with Crippen LogP contribution in [0.1, 0.15) is 5.56 Å². The Bertz CT molecular complexity index is 946. The van der Waals surface area contributed by atoms with Crippen molar-refractivity contribution in [3.8, 4) is 0 Å². The summed E-state index contributed by atoms with van der Waals surface area (Å²) in [6.45, 7) is 10.4. The van der Waals surface area contributed by atoms with Gasteiger partial charge in [0.25, 0.3) is 0 Å². The highest BCUT2D eigenvalue weighted by atomic mass is 32.2. The molecular weight excluding hydrogens is 386 g/mol. The molecule has 1 heterocycles. The largest absolute Gasteiger partial charge is 0.369 e. The van der Waals surface area contributed by atoms with Crippen LogP contribution in [0.25, 0.3) is 0 Å². The van der Waals surface area contributed by atoms with E-state index in [9.17, 15) is 13.2 Å². The molecule has 2 aromatic rings. The summed E-state index contributed by atoms with van der Waals surface area (Å²) >= 11 is 0. The second kappa shape index (κ2) is 9.24. The van der Waals surface area contributed by atoms with E-state index in [-0.39, 0.29) is 4.90 Å². The minimum Gasteiger partial charge on any atom is -0.369 e. The van der Waals surface area contributed by atoms with Crippen molar-refractivity contribution in [2.45, 2.75) is 11.8 Å². The summed E-state index contributed by atoms with van der Waals surface area (Å²) in [5, 5.41) is 2.68. The SMILES string of the molecule is C=CCN1CCN(c2ccc(NC(=O)CS(=O)(=O)c3ccc(C)cc3)cc2)CC1. The molecule has 6 nitrogen and oxygen atoms in total. The third kappa shape index (κ3) is 5.68. The first-order valence-corrected chi connectivity index (χ1v) is 11.3. The highest BCUT2D eigenvalue weighted by Gasteiger charge is 2.20. The van der Waals surface area contributed by atoms with Crippen molar-refractivity contribution in [1.82, 2.24) is 4.90 Å². The third-order valence-corrected chi connectivity index (χ3v) is 6.61. The lowest BCUT2D eigenvalue weighted by molar-refractivity contribution is -0.113. The number of rotatable bonds is 7. The van der Waals surface area contributed by atoms with Crippen LogP contribution in [0.3, 0.4) is 0 Å². The second-order valence-corrected chi connectivity index (χ2v) is 9.23. The number of hydrogen-bond donors (Lipinski definition) is 1. The first-order chi connectivity index (χ1) is 13.9.